The molecular weight excluding hydrogens is 500 g/mol. The van der Waals surface area contributed by atoms with Gasteiger partial charge in [0.2, 0.25) is 0 Å². The van der Waals surface area contributed by atoms with Crippen LogP contribution >= 0.6 is 0 Å². The number of rotatable bonds is 4. The Kier molecular flexibility index (Phi) is 7.51. The fourth-order valence-corrected chi connectivity index (χ4v) is 4.39. The molecule has 0 saturated heterocycles. The maximum Gasteiger partial charge on any atom is 0.344 e. The lowest BCUT2D eigenvalue weighted by molar-refractivity contribution is 0.563. The highest BCUT2D eigenvalue weighted by Crippen LogP contribution is 2.25. The highest BCUT2D eigenvalue weighted by Gasteiger charge is 2.10. The first-order valence-electron chi connectivity index (χ1n) is 12.9. The van der Waals surface area contributed by atoms with Crippen molar-refractivity contribution >= 4 is 33.3 Å². The van der Waals surface area contributed by atoms with Gasteiger partial charge in [0.25, 0.3) is 0 Å². The molecule has 2 heterocycles. The van der Waals surface area contributed by atoms with Gasteiger partial charge in [-0.1, -0.05) is 60.7 Å². The van der Waals surface area contributed by atoms with Gasteiger partial charge in [-0.2, -0.15) is 0 Å². The summed E-state index contributed by atoms with van der Waals surface area (Å²) in [7, 11) is 7.82. The summed E-state index contributed by atoms with van der Waals surface area (Å²) in [5.41, 5.74) is 5.56. The number of nitrogens with zero attached hydrogens (tertiary/aromatic N) is 2. The smallest absolute Gasteiger partial charge is 0.344 e. The number of hydrogen-bond acceptors (Lipinski definition) is 6. The lowest BCUT2D eigenvalue weighted by Gasteiger charge is -2.12. The summed E-state index contributed by atoms with van der Waals surface area (Å²) in [6.45, 7) is 0. The van der Waals surface area contributed by atoms with E-state index in [-0.39, 0.29) is 11.3 Å². The SMILES string of the molecule is CN(C)c1ccc2cc(-c3ccccc3)c(=O)oc2c1.CN(C)c1ccc2cc(-c3ccccc3)c(=O)oc2c1. The van der Waals surface area contributed by atoms with Gasteiger partial charge in [0.15, 0.2) is 0 Å². The van der Waals surface area contributed by atoms with Gasteiger partial charge in [0, 0.05) is 62.5 Å². The Hall–Kier alpha value is -5.10. The second-order valence-corrected chi connectivity index (χ2v) is 9.86. The molecule has 6 aromatic rings. The average Bonchev–Trinajstić information content (AvgIpc) is 2.97. The summed E-state index contributed by atoms with van der Waals surface area (Å²) in [4.78, 5) is 28.2. The zero-order chi connectivity index (χ0) is 28.2. The molecule has 2 aromatic heterocycles. The van der Waals surface area contributed by atoms with E-state index in [0.717, 1.165) is 33.3 Å². The Morgan fingerprint density at radius 3 is 1.20 bits per heavy atom. The number of fused-ring (bicyclic) bond motifs is 2. The van der Waals surface area contributed by atoms with E-state index < -0.39 is 0 Å². The molecule has 0 aliphatic heterocycles. The fraction of sp³-hybridized carbons (Fsp3) is 0.118. The van der Waals surface area contributed by atoms with Crippen LogP contribution in [0.3, 0.4) is 0 Å². The molecule has 0 spiro atoms. The van der Waals surface area contributed by atoms with Gasteiger partial charge in [0.1, 0.15) is 11.2 Å². The quantitative estimate of drug-likeness (QED) is 0.228. The zero-order valence-corrected chi connectivity index (χ0v) is 22.9. The lowest BCUT2D eigenvalue weighted by Crippen LogP contribution is -2.08. The second kappa shape index (κ2) is 11.3. The first-order chi connectivity index (χ1) is 19.3. The minimum atomic E-state index is -0.306. The summed E-state index contributed by atoms with van der Waals surface area (Å²) in [5.74, 6) is 0. The van der Waals surface area contributed by atoms with Crippen molar-refractivity contribution in [1.29, 1.82) is 0 Å². The van der Waals surface area contributed by atoms with Crippen molar-refractivity contribution in [2.45, 2.75) is 0 Å². The predicted molar refractivity (Wildman–Crippen MR) is 164 cm³/mol. The van der Waals surface area contributed by atoms with Crippen LogP contribution in [0.25, 0.3) is 44.2 Å². The molecule has 4 aromatic carbocycles. The van der Waals surface area contributed by atoms with Gasteiger partial charge in [-0.05, 0) is 47.5 Å². The van der Waals surface area contributed by atoms with E-state index in [4.69, 9.17) is 8.83 Å². The molecule has 0 aliphatic carbocycles. The Labute approximate surface area is 232 Å². The second-order valence-electron chi connectivity index (χ2n) is 9.86. The molecule has 0 N–H and O–H groups in total. The van der Waals surface area contributed by atoms with Crippen LogP contribution in [0.5, 0.6) is 0 Å². The van der Waals surface area contributed by atoms with Crippen LogP contribution in [0, 0.1) is 0 Å². The number of benzene rings is 4. The summed E-state index contributed by atoms with van der Waals surface area (Å²) in [6, 6.07) is 34.6. The van der Waals surface area contributed by atoms with Crippen molar-refractivity contribution in [3.8, 4) is 22.3 Å². The monoisotopic (exact) mass is 530 g/mol. The minimum Gasteiger partial charge on any atom is -0.422 e. The topological polar surface area (TPSA) is 66.9 Å². The van der Waals surface area contributed by atoms with E-state index in [1.54, 1.807) is 0 Å². The maximum absolute atomic E-state index is 12.1. The van der Waals surface area contributed by atoms with Crippen LogP contribution in [0.4, 0.5) is 11.4 Å². The number of anilines is 2. The molecule has 40 heavy (non-hydrogen) atoms. The average molecular weight is 531 g/mol. The molecule has 0 fully saturated rings. The highest BCUT2D eigenvalue weighted by molar-refractivity contribution is 5.85. The molecule has 0 radical (unpaired) electrons. The van der Waals surface area contributed by atoms with Crippen molar-refractivity contribution in [3.63, 3.8) is 0 Å². The van der Waals surface area contributed by atoms with Gasteiger partial charge in [-0.25, -0.2) is 9.59 Å². The van der Waals surface area contributed by atoms with Gasteiger partial charge in [-0.3, -0.25) is 0 Å². The maximum atomic E-state index is 12.1. The number of hydrogen-bond donors (Lipinski definition) is 0. The third-order valence-corrected chi connectivity index (χ3v) is 6.64. The zero-order valence-electron chi connectivity index (χ0n) is 22.9. The molecule has 0 amide bonds. The Morgan fingerprint density at radius 1 is 0.475 bits per heavy atom. The molecule has 0 unspecified atom stereocenters. The Bertz CT molecular complexity index is 1750. The van der Waals surface area contributed by atoms with E-state index in [1.165, 1.54) is 0 Å². The minimum absolute atomic E-state index is 0.306. The molecular formula is C34H30N2O4. The standard InChI is InChI=1S/2C17H15NO2/c2*1-18(2)14-9-8-13-10-15(12-6-4-3-5-7-12)17(19)20-16(13)11-14/h2*3-11H,1-2H3. The molecule has 0 saturated carbocycles. The summed E-state index contributed by atoms with van der Waals surface area (Å²) in [6.07, 6.45) is 0. The molecule has 6 heteroatoms. The van der Waals surface area contributed by atoms with Crippen molar-refractivity contribution in [3.05, 3.63) is 130 Å². The van der Waals surface area contributed by atoms with E-state index in [0.29, 0.717) is 22.3 Å². The van der Waals surface area contributed by atoms with E-state index in [2.05, 4.69) is 0 Å². The van der Waals surface area contributed by atoms with Gasteiger partial charge >= 0.3 is 11.3 Å². The molecule has 0 aliphatic rings. The first kappa shape index (κ1) is 26.5. The molecule has 6 rings (SSSR count). The molecule has 0 atom stereocenters. The molecule has 6 nitrogen and oxygen atoms in total. The van der Waals surface area contributed by atoms with Gasteiger partial charge in [0.05, 0.1) is 11.1 Å². The van der Waals surface area contributed by atoms with E-state index in [1.807, 2.05) is 147 Å². The molecule has 0 bridgehead atoms. The largest absolute Gasteiger partial charge is 0.422 e. The van der Waals surface area contributed by atoms with Crippen molar-refractivity contribution in [2.75, 3.05) is 38.0 Å². The third-order valence-electron chi connectivity index (χ3n) is 6.64. The normalized spacial score (nSPS) is 10.7. The molecule has 200 valence electrons. The van der Waals surface area contributed by atoms with Crippen LogP contribution in [0.2, 0.25) is 0 Å². The summed E-state index contributed by atoms with van der Waals surface area (Å²) < 4.78 is 10.9. The third kappa shape index (κ3) is 5.66. The summed E-state index contributed by atoms with van der Waals surface area (Å²) in [5, 5.41) is 1.85. The Balaban J connectivity index is 0.000000161. The van der Waals surface area contributed by atoms with Crippen LogP contribution in [-0.4, -0.2) is 28.2 Å². The summed E-state index contributed by atoms with van der Waals surface area (Å²) >= 11 is 0. The van der Waals surface area contributed by atoms with Crippen LogP contribution < -0.4 is 21.1 Å². The van der Waals surface area contributed by atoms with Crippen LogP contribution in [0.15, 0.2) is 128 Å². The predicted octanol–water partition coefficient (Wildman–Crippen LogP) is 7.05. The van der Waals surface area contributed by atoms with E-state index >= 15 is 0 Å². The lowest BCUT2D eigenvalue weighted by atomic mass is 10.1. The van der Waals surface area contributed by atoms with Crippen LogP contribution in [-0.2, 0) is 0 Å². The van der Waals surface area contributed by atoms with Gasteiger partial charge < -0.3 is 18.6 Å². The fourth-order valence-electron chi connectivity index (χ4n) is 4.39. The van der Waals surface area contributed by atoms with Gasteiger partial charge in [-0.15, -0.1) is 0 Å². The van der Waals surface area contributed by atoms with Crippen molar-refractivity contribution in [1.82, 2.24) is 0 Å². The first-order valence-corrected chi connectivity index (χ1v) is 12.9. The van der Waals surface area contributed by atoms with Crippen molar-refractivity contribution in [2.24, 2.45) is 0 Å². The van der Waals surface area contributed by atoms with Crippen molar-refractivity contribution < 1.29 is 8.83 Å². The Morgan fingerprint density at radius 2 is 0.850 bits per heavy atom. The highest BCUT2D eigenvalue weighted by atomic mass is 16.4. The van der Waals surface area contributed by atoms with Crippen LogP contribution in [0.1, 0.15) is 0 Å². The van der Waals surface area contributed by atoms with E-state index in [9.17, 15) is 9.59 Å².